The number of anilines is 1. The lowest BCUT2D eigenvalue weighted by atomic mass is 9.99. The van der Waals surface area contributed by atoms with Crippen LogP contribution >= 0.6 is 11.3 Å². The second-order valence-corrected chi connectivity index (χ2v) is 9.40. The minimum atomic E-state index is -2.77. The van der Waals surface area contributed by atoms with Crippen molar-refractivity contribution in [3.63, 3.8) is 0 Å². The maximum absolute atomic E-state index is 13.2. The number of carbonyl (C=O) groups excluding carboxylic acids is 2. The molecule has 1 aromatic carbocycles. The predicted octanol–water partition coefficient (Wildman–Crippen LogP) is 6.58. The van der Waals surface area contributed by atoms with Crippen LogP contribution in [-0.4, -0.2) is 16.8 Å². The van der Waals surface area contributed by atoms with Crippen LogP contribution < -0.4 is 15.8 Å². The number of nitrogens with one attached hydrogen (secondary N) is 1. The summed E-state index contributed by atoms with van der Waals surface area (Å²) in [5.41, 5.74) is 6.84. The Balaban J connectivity index is 1.50. The van der Waals surface area contributed by atoms with Gasteiger partial charge in [-0.2, -0.15) is 0 Å². The number of halogens is 2. The minimum Gasteiger partial charge on any atom is -0.486 e. The summed E-state index contributed by atoms with van der Waals surface area (Å²) in [5, 5.41) is 3.02. The average molecular weight is 514 g/mol. The van der Waals surface area contributed by atoms with Crippen LogP contribution in [0, 0.1) is 6.92 Å². The van der Waals surface area contributed by atoms with E-state index in [0.29, 0.717) is 28.4 Å². The van der Waals surface area contributed by atoms with Gasteiger partial charge in [0.15, 0.2) is 5.76 Å². The van der Waals surface area contributed by atoms with E-state index >= 15 is 0 Å². The molecular formula is C26H25F2N3O4S. The van der Waals surface area contributed by atoms with E-state index in [1.54, 1.807) is 13.0 Å². The number of nitrogens with two attached hydrogens (primary N) is 1. The summed E-state index contributed by atoms with van der Waals surface area (Å²) in [6.45, 7) is 6.01. The number of alkyl halides is 2. The maximum Gasteiger partial charge on any atom is 0.291 e. The third-order valence-electron chi connectivity index (χ3n) is 5.89. The number of aromatic nitrogens is 1. The van der Waals surface area contributed by atoms with Crippen molar-refractivity contribution in [2.45, 2.75) is 46.1 Å². The molecule has 7 nitrogen and oxygen atoms in total. The summed E-state index contributed by atoms with van der Waals surface area (Å²) in [5.74, 6) is 0.122. The molecule has 3 N–H and O–H groups in total. The Morgan fingerprint density at radius 1 is 1.19 bits per heavy atom. The Morgan fingerprint density at radius 2 is 1.92 bits per heavy atom. The van der Waals surface area contributed by atoms with Gasteiger partial charge in [0.1, 0.15) is 33.5 Å². The lowest BCUT2D eigenvalue weighted by Crippen LogP contribution is -2.16. The van der Waals surface area contributed by atoms with E-state index in [9.17, 15) is 18.4 Å². The lowest BCUT2D eigenvalue weighted by Gasteiger charge is -2.10. The molecule has 0 aliphatic rings. The summed E-state index contributed by atoms with van der Waals surface area (Å²) in [6, 6.07) is 12.1. The molecule has 1 unspecified atom stereocenters. The molecule has 0 aliphatic carbocycles. The van der Waals surface area contributed by atoms with Gasteiger partial charge < -0.3 is 20.2 Å². The van der Waals surface area contributed by atoms with Crippen LogP contribution in [0.3, 0.4) is 0 Å². The van der Waals surface area contributed by atoms with Gasteiger partial charge in [-0.1, -0.05) is 26.0 Å². The van der Waals surface area contributed by atoms with Crippen molar-refractivity contribution in [2.75, 3.05) is 5.32 Å². The van der Waals surface area contributed by atoms with Crippen LogP contribution in [0.1, 0.15) is 75.4 Å². The van der Waals surface area contributed by atoms with E-state index in [4.69, 9.17) is 14.9 Å². The number of amides is 2. The molecule has 3 heterocycles. The molecule has 0 bridgehead atoms. The van der Waals surface area contributed by atoms with E-state index in [0.717, 1.165) is 17.8 Å². The van der Waals surface area contributed by atoms with Crippen molar-refractivity contribution in [3.8, 4) is 5.75 Å². The Morgan fingerprint density at radius 3 is 2.56 bits per heavy atom. The number of rotatable bonds is 9. The highest BCUT2D eigenvalue weighted by Gasteiger charge is 2.24. The first kappa shape index (κ1) is 25.3. The summed E-state index contributed by atoms with van der Waals surface area (Å²) >= 11 is 0.846. The van der Waals surface area contributed by atoms with E-state index in [-0.39, 0.29) is 27.8 Å². The molecule has 36 heavy (non-hydrogen) atoms. The number of aryl methyl sites for hydroxylation is 1. The number of hydrogen-bond donors (Lipinski definition) is 2. The fourth-order valence-corrected chi connectivity index (χ4v) is 4.81. The first-order valence-corrected chi connectivity index (χ1v) is 12.1. The first-order valence-electron chi connectivity index (χ1n) is 11.3. The molecule has 4 aromatic rings. The summed E-state index contributed by atoms with van der Waals surface area (Å²) in [7, 11) is 0. The largest absolute Gasteiger partial charge is 0.486 e. The Kier molecular flexibility index (Phi) is 7.35. The Labute approximate surface area is 210 Å². The van der Waals surface area contributed by atoms with Crippen LogP contribution in [0.4, 0.5) is 14.5 Å². The molecule has 0 spiro atoms. The van der Waals surface area contributed by atoms with Gasteiger partial charge in [-0.3, -0.25) is 9.59 Å². The first-order chi connectivity index (χ1) is 17.2. The Bertz CT molecular complexity index is 1410. The number of nitrogens with zero attached hydrogens (tertiary/aromatic N) is 1. The van der Waals surface area contributed by atoms with Gasteiger partial charge >= 0.3 is 0 Å². The van der Waals surface area contributed by atoms with Gasteiger partial charge in [-0.05, 0) is 60.7 Å². The molecule has 0 saturated carbocycles. The number of thiophene rings is 1. The third kappa shape index (κ3) is 5.23. The van der Waals surface area contributed by atoms with Crippen LogP contribution in [-0.2, 0) is 6.61 Å². The monoisotopic (exact) mass is 513 g/mol. The highest BCUT2D eigenvalue weighted by molar-refractivity contribution is 7.21. The normalized spacial score (nSPS) is 12.2. The molecule has 4 rings (SSSR count). The van der Waals surface area contributed by atoms with Gasteiger partial charge in [-0.25, -0.2) is 13.8 Å². The van der Waals surface area contributed by atoms with Crippen LogP contribution in [0.25, 0.3) is 10.2 Å². The minimum absolute atomic E-state index is 0.00898. The van der Waals surface area contributed by atoms with Crippen LogP contribution in [0.15, 0.2) is 46.9 Å². The second-order valence-electron chi connectivity index (χ2n) is 8.40. The van der Waals surface area contributed by atoms with Gasteiger partial charge in [0.05, 0.1) is 5.69 Å². The van der Waals surface area contributed by atoms with Crippen LogP contribution in [0.2, 0.25) is 0 Å². The van der Waals surface area contributed by atoms with E-state index in [1.165, 1.54) is 17.7 Å². The number of carbonyl (C=O) groups is 2. The van der Waals surface area contributed by atoms with Gasteiger partial charge in [0.25, 0.3) is 18.2 Å². The van der Waals surface area contributed by atoms with Crippen molar-refractivity contribution in [3.05, 3.63) is 75.7 Å². The van der Waals surface area contributed by atoms with Crippen LogP contribution in [0.5, 0.6) is 5.75 Å². The third-order valence-corrected chi connectivity index (χ3v) is 6.99. The van der Waals surface area contributed by atoms with Gasteiger partial charge in [-0.15, -0.1) is 11.3 Å². The van der Waals surface area contributed by atoms with Crippen molar-refractivity contribution < 1.29 is 27.5 Å². The molecule has 188 valence electrons. The smallest absolute Gasteiger partial charge is 0.291 e. The number of fused-ring (bicyclic) bond motifs is 1. The SMILES string of the molecule is CCC(C)c1ccc(OCc2ccc(C(=O)Nc3c(C(N)=O)sc4nc(C(F)F)cc(C)c34)o2)cc1. The lowest BCUT2D eigenvalue weighted by molar-refractivity contribution is 0.0992. The zero-order valence-corrected chi connectivity index (χ0v) is 20.7. The second kappa shape index (κ2) is 10.4. The molecule has 1 atom stereocenters. The fraction of sp³-hybridized carbons (Fsp3) is 0.269. The molecule has 3 aromatic heterocycles. The topological polar surface area (TPSA) is 107 Å². The number of ether oxygens (including phenoxy) is 1. The molecule has 0 fully saturated rings. The number of benzene rings is 1. The van der Waals surface area contributed by atoms with E-state index < -0.39 is 23.9 Å². The standard InChI is InChI=1S/C26H25F2N3O4S/c1-4-13(2)15-5-7-16(8-6-15)34-12-17-9-10-19(35-17)25(33)31-21-20-14(3)11-18(23(27)28)30-26(20)36-22(21)24(29)32/h5-11,13,23H,4,12H2,1-3H3,(H2,29,32)(H,31,33). The zero-order chi connectivity index (χ0) is 26.0. The predicted molar refractivity (Wildman–Crippen MR) is 134 cm³/mol. The molecule has 10 heteroatoms. The molecule has 0 aliphatic heterocycles. The number of pyridine rings is 1. The zero-order valence-electron chi connectivity index (χ0n) is 19.9. The number of hydrogen-bond acceptors (Lipinski definition) is 6. The molecular weight excluding hydrogens is 488 g/mol. The van der Waals surface area contributed by atoms with Crippen molar-refractivity contribution in [2.24, 2.45) is 5.73 Å². The summed E-state index contributed by atoms with van der Waals surface area (Å²) in [6.07, 6.45) is -1.72. The average Bonchev–Trinajstić information content (AvgIpc) is 3.48. The number of primary amides is 1. The number of furan rings is 1. The quantitative estimate of drug-likeness (QED) is 0.263. The van der Waals surface area contributed by atoms with Gasteiger partial charge in [0, 0.05) is 5.39 Å². The van der Waals surface area contributed by atoms with Crippen molar-refractivity contribution in [1.29, 1.82) is 0 Å². The molecule has 2 amide bonds. The van der Waals surface area contributed by atoms with Crippen molar-refractivity contribution >= 4 is 39.1 Å². The summed E-state index contributed by atoms with van der Waals surface area (Å²) < 4.78 is 37.7. The maximum atomic E-state index is 13.2. The Hall–Kier alpha value is -3.79. The molecule has 0 saturated heterocycles. The van der Waals surface area contributed by atoms with Crippen molar-refractivity contribution in [1.82, 2.24) is 4.98 Å². The van der Waals surface area contributed by atoms with E-state index in [1.807, 2.05) is 24.3 Å². The highest BCUT2D eigenvalue weighted by Crippen LogP contribution is 2.38. The van der Waals surface area contributed by atoms with Gasteiger partial charge in [0.2, 0.25) is 0 Å². The molecule has 0 radical (unpaired) electrons. The summed E-state index contributed by atoms with van der Waals surface area (Å²) in [4.78, 5) is 29.0. The highest BCUT2D eigenvalue weighted by atomic mass is 32.1. The fourth-order valence-electron chi connectivity index (χ4n) is 3.75. The van der Waals surface area contributed by atoms with E-state index in [2.05, 4.69) is 24.1 Å².